The van der Waals surface area contributed by atoms with Crippen LogP contribution in [0.5, 0.6) is 0 Å². The van der Waals surface area contributed by atoms with E-state index >= 15 is 0 Å². The first-order valence-corrected chi connectivity index (χ1v) is 5.07. The molecule has 2 nitrogen and oxygen atoms in total. The summed E-state index contributed by atoms with van der Waals surface area (Å²) >= 11 is 0. The first-order chi connectivity index (χ1) is 5.78. The largest absolute Gasteiger partial charge is 0.394 e. The molecule has 0 fully saturated rings. The van der Waals surface area contributed by atoms with Gasteiger partial charge in [-0.05, 0) is 23.7 Å². The normalized spacial score (nSPS) is 17.5. The van der Waals surface area contributed by atoms with E-state index in [0.717, 1.165) is 6.42 Å². The quantitative estimate of drug-likeness (QED) is 0.709. The summed E-state index contributed by atoms with van der Waals surface area (Å²) in [5.41, 5.74) is 0.213. The van der Waals surface area contributed by atoms with Gasteiger partial charge in [0.05, 0.1) is 12.7 Å². The average Bonchev–Trinajstić information content (AvgIpc) is 1.96. The van der Waals surface area contributed by atoms with Gasteiger partial charge >= 0.3 is 0 Å². The third-order valence-corrected chi connectivity index (χ3v) is 2.39. The van der Waals surface area contributed by atoms with Crippen molar-refractivity contribution in [1.29, 1.82) is 0 Å². The Morgan fingerprint density at radius 3 is 1.85 bits per heavy atom. The molecule has 0 aromatic rings. The van der Waals surface area contributed by atoms with Gasteiger partial charge in [0.1, 0.15) is 0 Å². The zero-order chi connectivity index (χ0) is 10.6. The fourth-order valence-electron chi connectivity index (χ4n) is 1.66. The Labute approximate surface area is 82.0 Å². The van der Waals surface area contributed by atoms with Crippen LogP contribution < -0.4 is 0 Å². The molecular weight excluding hydrogens is 164 g/mol. The van der Waals surface area contributed by atoms with Gasteiger partial charge < -0.3 is 10.2 Å². The average molecular weight is 188 g/mol. The van der Waals surface area contributed by atoms with Gasteiger partial charge in [-0.3, -0.25) is 0 Å². The third kappa shape index (κ3) is 5.27. The molecule has 0 aliphatic carbocycles. The zero-order valence-corrected chi connectivity index (χ0v) is 9.54. The lowest BCUT2D eigenvalue weighted by atomic mass is 9.77. The molecule has 80 valence electrons. The lowest BCUT2D eigenvalue weighted by molar-refractivity contribution is 0.0117. The highest BCUT2D eigenvalue weighted by atomic mass is 16.3. The molecule has 0 aliphatic rings. The van der Waals surface area contributed by atoms with Crippen molar-refractivity contribution in [3.8, 4) is 0 Å². The molecule has 2 heteroatoms. The Hall–Kier alpha value is -0.0800. The Morgan fingerprint density at radius 2 is 1.62 bits per heavy atom. The van der Waals surface area contributed by atoms with Crippen LogP contribution in [0.3, 0.4) is 0 Å². The molecule has 0 aromatic heterocycles. The summed E-state index contributed by atoms with van der Waals surface area (Å²) < 4.78 is 0. The number of hydrogen-bond donors (Lipinski definition) is 2. The molecule has 0 aromatic carbocycles. The summed E-state index contributed by atoms with van der Waals surface area (Å²) in [6, 6.07) is 0. The van der Waals surface area contributed by atoms with Crippen LogP contribution >= 0.6 is 0 Å². The van der Waals surface area contributed by atoms with Crippen molar-refractivity contribution in [3.05, 3.63) is 0 Å². The van der Waals surface area contributed by atoms with Crippen molar-refractivity contribution in [3.63, 3.8) is 0 Å². The molecule has 0 radical (unpaired) electrons. The zero-order valence-electron chi connectivity index (χ0n) is 9.54. The van der Waals surface area contributed by atoms with Crippen molar-refractivity contribution < 1.29 is 10.2 Å². The number of rotatable bonds is 4. The molecular formula is C11H24O2. The molecule has 0 spiro atoms. The van der Waals surface area contributed by atoms with Gasteiger partial charge in [-0.25, -0.2) is 0 Å². The molecule has 0 aliphatic heterocycles. The summed E-state index contributed by atoms with van der Waals surface area (Å²) in [5, 5.41) is 18.5. The maximum absolute atomic E-state index is 9.60. The van der Waals surface area contributed by atoms with Crippen LogP contribution in [0, 0.1) is 17.3 Å². The molecule has 13 heavy (non-hydrogen) atoms. The highest BCUT2D eigenvalue weighted by Gasteiger charge is 2.26. The summed E-state index contributed by atoms with van der Waals surface area (Å²) in [7, 11) is 0. The minimum atomic E-state index is -0.570. The van der Waals surface area contributed by atoms with Gasteiger partial charge in [0, 0.05) is 0 Å². The van der Waals surface area contributed by atoms with E-state index in [1.165, 1.54) is 0 Å². The molecule has 0 saturated carbocycles. The molecule has 2 unspecified atom stereocenters. The van der Waals surface area contributed by atoms with Gasteiger partial charge in [-0.1, -0.05) is 34.6 Å². The highest BCUT2D eigenvalue weighted by molar-refractivity contribution is 4.77. The van der Waals surface area contributed by atoms with E-state index in [4.69, 9.17) is 5.11 Å². The van der Waals surface area contributed by atoms with Crippen LogP contribution in [-0.4, -0.2) is 22.9 Å². The van der Waals surface area contributed by atoms with E-state index in [-0.39, 0.29) is 17.9 Å². The summed E-state index contributed by atoms with van der Waals surface area (Å²) in [4.78, 5) is 0. The Bertz CT molecular complexity index is 136. The number of aliphatic hydroxyl groups is 2. The minimum Gasteiger partial charge on any atom is -0.394 e. The SMILES string of the molecule is CC(C)C(CC(C)(C)C)C(O)CO. The van der Waals surface area contributed by atoms with E-state index < -0.39 is 6.10 Å². The van der Waals surface area contributed by atoms with E-state index in [1.807, 2.05) is 0 Å². The van der Waals surface area contributed by atoms with E-state index in [9.17, 15) is 5.11 Å². The maximum atomic E-state index is 9.60. The summed E-state index contributed by atoms with van der Waals surface area (Å²) in [5.74, 6) is 0.617. The maximum Gasteiger partial charge on any atom is 0.0801 e. The number of hydrogen-bond acceptors (Lipinski definition) is 2. The van der Waals surface area contributed by atoms with Crippen LogP contribution in [0.1, 0.15) is 41.0 Å². The lowest BCUT2D eigenvalue weighted by Gasteiger charge is -2.31. The van der Waals surface area contributed by atoms with Crippen LogP contribution in [0.25, 0.3) is 0 Å². The monoisotopic (exact) mass is 188 g/mol. The standard InChI is InChI=1S/C11H24O2/c1-8(2)9(10(13)7-12)6-11(3,4)5/h8-10,12-13H,6-7H2,1-5H3. The highest BCUT2D eigenvalue weighted by Crippen LogP contribution is 2.30. The van der Waals surface area contributed by atoms with Gasteiger partial charge in [0.25, 0.3) is 0 Å². The van der Waals surface area contributed by atoms with E-state index in [0.29, 0.717) is 5.92 Å². The van der Waals surface area contributed by atoms with Gasteiger partial charge in [0.2, 0.25) is 0 Å². The van der Waals surface area contributed by atoms with Crippen molar-refractivity contribution in [2.24, 2.45) is 17.3 Å². The minimum absolute atomic E-state index is 0.126. The van der Waals surface area contributed by atoms with Crippen LogP contribution in [0.4, 0.5) is 0 Å². The summed E-state index contributed by atoms with van der Waals surface area (Å²) in [6.45, 7) is 10.5. The Balaban J connectivity index is 4.27. The topological polar surface area (TPSA) is 40.5 Å². The van der Waals surface area contributed by atoms with Crippen molar-refractivity contribution in [1.82, 2.24) is 0 Å². The predicted molar refractivity (Wildman–Crippen MR) is 55.5 cm³/mol. The molecule has 2 atom stereocenters. The second kappa shape index (κ2) is 4.97. The fraction of sp³-hybridized carbons (Fsp3) is 1.00. The summed E-state index contributed by atoms with van der Waals surface area (Å²) in [6.07, 6.45) is 0.381. The molecule has 0 saturated heterocycles. The van der Waals surface area contributed by atoms with Crippen LogP contribution in [0.2, 0.25) is 0 Å². The molecule has 0 heterocycles. The van der Waals surface area contributed by atoms with Gasteiger partial charge in [0.15, 0.2) is 0 Å². The number of aliphatic hydroxyl groups excluding tert-OH is 2. The van der Waals surface area contributed by atoms with E-state index in [2.05, 4.69) is 34.6 Å². The van der Waals surface area contributed by atoms with Crippen molar-refractivity contribution >= 4 is 0 Å². The molecule has 0 amide bonds. The molecule has 0 rings (SSSR count). The Kier molecular flexibility index (Phi) is 4.93. The fourth-order valence-corrected chi connectivity index (χ4v) is 1.66. The van der Waals surface area contributed by atoms with E-state index in [1.54, 1.807) is 0 Å². The second-order valence-corrected chi connectivity index (χ2v) is 5.42. The second-order valence-electron chi connectivity index (χ2n) is 5.42. The Morgan fingerprint density at radius 1 is 1.15 bits per heavy atom. The molecule has 0 bridgehead atoms. The first-order valence-electron chi connectivity index (χ1n) is 5.07. The van der Waals surface area contributed by atoms with Crippen molar-refractivity contribution in [2.45, 2.75) is 47.1 Å². The van der Waals surface area contributed by atoms with Gasteiger partial charge in [-0.15, -0.1) is 0 Å². The third-order valence-electron chi connectivity index (χ3n) is 2.39. The molecule has 2 N–H and O–H groups in total. The smallest absolute Gasteiger partial charge is 0.0801 e. The van der Waals surface area contributed by atoms with Crippen LogP contribution in [0.15, 0.2) is 0 Å². The first kappa shape index (κ1) is 12.9. The predicted octanol–water partition coefficient (Wildman–Crippen LogP) is 2.05. The lowest BCUT2D eigenvalue weighted by Crippen LogP contribution is -2.31. The van der Waals surface area contributed by atoms with Crippen LogP contribution in [-0.2, 0) is 0 Å². The van der Waals surface area contributed by atoms with Crippen molar-refractivity contribution in [2.75, 3.05) is 6.61 Å². The van der Waals surface area contributed by atoms with Gasteiger partial charge in [-0.2, -0.15) is 0 Å².